The first kappa shape index (κ1) is 17.0. The molecule has 0 aliphatic heterocycles. The van der Waals surface area contributed by atoms with Crippen molar-refractivity contribution in [1.29, 1.82) is 0 Å². The standard InChI is InChI=1S/C16H17BrN4O2S/c1-9-5-10(2)21-15(18-9)19-20-16(21)24-8-11-6-13(22-3)14(23-4)7-12(11)17/h5-7H,8H2,1-4H3. The van der Waals surface area contributed by atoms with E-state index in [0.717, 1.165) is 32.3 Å². The molecule has 0 N–H and O–H groups in total. The third-order valence-electron chi connectivity index (χ3n) is 3.57. The SMILES string of the molecule is COc1cc(Br)c(CSc2nnc3nc(C)cc(C)n23)cc1OC. The van der Waals surface area contributed by atoms with E-state index in [4.69, 9.17) is 9.47 Å². The molecule has 1 aromatic carbocycles. The van der Waals surface area contributed by atoms with Crippen LogP contribution in [0.5, 0.6) is 11.5 Å². The second-order valence-corrected chi connectivity index (χ2v) is 7.04. The van der Waals surface area contributed by atoms with Crippen molar-refractivity contribution in [2.24, 2.45) is 0 Å². The van der Waals surface area contributed by atoms with E-state index in [0.29, 0.717) is 17.3 Å². The maximum Gasteiger partial charge on any atom is 0.256 e. The lowest BCUT2D eigenvalue weighted by Crippen LogP contribution is -1.98. The molecule has 0 radical (unpaired) electrons. The summed E-state index contributed by atoms with van der Waals surface area (Å²) in [5.41, 5.74) is 3.09. The van der Waals surface area contributed by atoms with Gasteiger partial charge in [0.25, 0.3) is 5.78 Å². The summed E-state index contributed by atoms with van der Waals surface area (Å²) in [6.45, 7) is 3.98. The van der Waals surface area contributed by atoms with Crippen molar-refractivity contribution in [3.8, 4) is 11.5 Å². The Morgan fingerprint density at radius 2 is 1.79 bits per heavy atom. The summed E-state index contributed by atoms with van der Waals surface area (Å²) < 4.78 is 13.6. The molecule has 0 aliphatic carbocycles. The molecular weight excluding hydrogens is 392 g/mol. The zero-order valence-corrected chi connectivity index (χ0v) is 16.2. The molecule has 3 rings (SSSR count). The Hall–Kier alpha value is -1.80. The van der Waals surface area contributed by atoms with Crippen molar-refractivity contribution in [3.05, 3.63) is 39.6 Å². The van der Waals surface area contributed by atoms with E-state index >= 15 is 0 Å². The fraction of sp³-hybridized carbons (Fsp3) is 0.312. The lowest BCUT2D eigenvalue weighted by Gasteiger charge is -2.11. The molecule has 6 nitrogen and oxygen atoms in total. The molecule has 0 saturated heterocycles. The maximum atomic E-state index is 5.37. The normalized spacial score (nSPS) is 11.0. The van der Waals surface area contributed by atoms with Crippen LogP contribution in [0.25, 0.3) is 5.78 Å². The van der Waals surface area contributed by atoms with Gasteiger partial charge in [0, 0.05) is 21.6 Å². The predicted octanol–water partition coefficient (Wildman–Crippen LogP) is 3.81. The minimum Gasteiger partial charge on any atom is -0.493 e. The maximum absolute atomic E-state index is 5.37. The van der Waals surface area contributed by atoms with Gasteiger partial charge in [0.05, 0.1) is 14.2 Å². The van der Waals surface area contributed by atoms with Gasteiger partial charge in [0.1, 0.15) is 0 Å². The summed E-state index contributed by atoms with van der Waals surface area (Å²) in [6.07, 6.45) is 0. The van der Waals surface area contributed by atoms with E-state index in [1.54, 1.807) is 26.0 Å². The van der Waals surface area contributed by atoms with Crippen LogP contribution in [-0.4, -0.2) is 33.8 Å². The Kier molecular flexibility index (Phi) is 4.96. The van der Waals surface area contributed by atoms with Gasteiger partial charge in [-0.15, -0.1) is 10.2 Å². The highest BCUT2D eigenvalue weighted by molar-refractivity contribution is 9.10. The number of aryl methyl sites for hydroxylation is 2. The molecule has 24 heavy (non-hydrogen) atoms. The third-order valence-corrected chi connectivity index (χ3v) is 5.29. The fourth-order valence-electron chi connectivity index (χ4n) is 2.44. The summed E-state index contributed by atoms with van der Waals surface area (Å²) in [5, 5.41) is 9.24. The van der Waals surface area contributed by atoms with Crippen LogP contribution in [0.15, 0.2) is 27.8 Å². The Labute approximate surface area is 152 Å². The number of fused-ring (bicyclic) bond motifs is 1. The smallest absolute Gasteiger partial charge is 0.256 e. The van der Waals surface area contributed by atoms with E-state index in [1.807, 2.05) is 36.4 Å². The van der Waals surface area contributed by atoms with E-state index in [-0.39, 0.29) is 0 Å². The quantitative estimate of drug-likeness (QED) is 0.598. The van der Waals surface area contributed by atoms with Crippen molar-refractivity contribution in [1.82, 2.24) is 19.6 Å². The average molecular weight is 409 g/mol. The molecule has 126 valence electrons. The van der Waals surface area contributed by atoms with Gasteiger partial charge >= 0.3 is 0 Å². The Morgan fingerprint density at radius 1 is 1.08 bits per heavy atom. The van der Waals surface area contributed by atoms with Crippen molar-refractivity contribution < 1.29 is 9.47 Å². The van der Waals surface area contributed by atoms with Gasteiger partial charge in [0.15, 0.2) is 16.7 Å². The van der Waals surface area contributed by atoms with Gasteiger partial charge in [-0.1, -0.05) is 27.7 Å². The lowest BCUT2D eigenvalue weighted by atomic mass is 10.2. The number of ether oxygens (including phenoxy) is 2. The van der Waals surface area contributed by atoms with Crippen molar-refractivity contribution in [3.63, 3.8) is 0 Å². The monoisotopic (exact) mass is 408 g/mol. The van der Waals surface area contributed by atoms with Crippen LogP contribution >= 0.6 is 27.7 Å². The van der Waals surface area contributed by atoms with E-state index in [2.05, 4.69) is 31.1 Å². The molecule has 3 aromatic rings. The summed E-state index contributed by atoms with van der Waals surface area (Å²) >= 11 is 5.18. The molecule has 0 fully saturated rings. The first-order valence-corrected chi connectivity index (χ1v) is 9.04. The molecule has 0 unspecified atom stereocenters. The number of halogens is 1. The highest BCUT2D eigenvalue weighted by Crippen LogP contribution is 2.36. The van der Waals surface area contributed by atoms with Crippen LogP contribution in [0.2, 0.25) is 0 Å². The van der Waals surface area contributed by atoms with Crippen LogP contribution in [0.3, 0.4) is 0 Å². The number of benzene rings is 1. The molecule has 2 aromatic heterocycles. The summed E-state index contributed by atoms with van der Waals surface area (Å²) in [5.74, 6) is 2.74. The Balaban J connectivity index is 1.89. The van der Waals surface area contributed by atoms with Gasteiger partial charge in [0.2, 0.25) is 0 Å². The van der Waals surface area contributed by atoms with Crippen molar-refractivity contribution in [2.45, 2.75) is 24.8 Å². The minimum atomic E-state index is 0.626. The second-order valence-electron chi connectivity index (χ2n) is 5.24. The van der Waals surface area contributed by atoms with Gasteiger partial charge < -0.3 is 9.47 Å². The topological polar surface area (TPSA) is 61.5 Å². The largest absolute Gasteiger partial charge is 0.493 e. The van der Waals surface area contributed by atoms with Gasteiger partial charge in [-0.05, 0) is 37.6 Å². The number of aromatic nitrogens is 4. The lowest BCUT2D eigenvalue weighted by molar-refractivity contribution is 0.354. The van der Waals surface area contributed by atoms with Gasteiger partial charge in [-0.3, -0.25) is 4.40 Å². The summed E-state index contributed by atoms with van der Waals surface area (Å²) in [7, 11) is 3.25. The number of hydrogen-bond acceptors (Lipinski definition) is 6. The molecular formula is C16H17BrN4O2S. The Bertz CT molecular complexity index is 897. The zero-order valence-electron chi connectivity index (χ0n) is 13.8. The molecule has 0 spiro atoms. The minimum absolute atomic E-state index is 0.626. The molecule has 0 saturated carbocycles. The van der Waals surface area contributed by atoms with E-state index in [9.17, 15) is 0 Å². The molecule has 8 heteroatoms. The summed E-state index contributed by atoms with van der Waals surface area (Å²) in [4.78, 5) is 4.41. The third kappa shape index (κ3) is 3.21. The highest BCUT2D eigenvalue weighted by atomic mass is 79.9. The zero-order chi connectivity index (χ0) is 17.3. The van der Waals surface area contributed by atoms with Crippen molar-refractivity contribution in [2.75, 3.05) is 14.2 Å². The van der Waals surface area contributed by atoms with Crippen molar-refractivity contribution >= 4 is 33.5 Å². The van der Waals surface area contributed by atoms with Crippen LogP contribution in [-0.2, 0) is 5.75 Å². The van der Waals surface area contributed by atoms with Crippen LogP contribution in [0, 0.1) is 13.8 Å². The van der Waals surface area contributed by atoms with E-state index in [1.165, 1.54) is 0 Å². The average Bonchev–Trinajstić information content (AvgIpc) is 2.96. The molecule has 0 amide bonds. The predicted molar refractivity (Wildman–Crippen MR) is 97.1 cm³/mol. The van der Waals surface area contributed by atoms with Crippen LogP contribution < -0.4 is 9.47 Å². The number of hydrogen-bond donors (Lipinski definition) is 0. The molecule has 0 bridgehead atoms. The van der Waals surface area contributed by atoms with E-state index < -0.39 is 0 Å². The fourth-order valence-corrected chi connectivity index (χ4v) is 4.07. The Morgan fingerprint density at radius 3 is 2.50 bits per heavy atom. The number of thioether (sulfide) groups is 1. The first-order chi connectivity index (χ1) is 11.5. The van der Waals surface area contributed by atoms with Crippen LogP contribution in [0.4, 0.5) is 0 Å². The van der Waals surface area contributed by atoms with Gasteiger partial charge in [-0.25, -0.2) is 4.98 Å². The number of methoxy groups -OCH3 is 2. The first-order valence-electron chi connectivity index (χ1n) is 7.26. The van der Waals surface area contributed by atoms with Gasteiger partial charge in [-0.2, -0.15) is 0 Å². The highest BCUT2D eigenvalue weighted by Gasteiger charge is 2.13. The van der Waals surface area contributed by atoms with Crippen LogP contribution in [0.1, 0.15) is 17.0 Å². The molecule has 0 aliphatic rings. The second kappa shape index (κ2) is 6.98. The molecule has 0 atom stereocenters. The number of rotatable bonds is 5. The number of nitrogens with zero attached hydrogens (tertiary/aromatic N) is 4. The molecule has 2 heterocycles. The summed E-state index contributed by atoms with van der Waals surface area (Å²) in [6, 6.07) is 5.90.